The third kappa shape index (κ3) is 4.40. The van der Waals surface area contributed by atoms with Gasteiger partial charge in [-0.25, -0.2) is 0 Å². The normalized spacial score (nSPS) is 18.7. The molecule has 0 saturated carbocycles. The Kier molecular flexibility index (Phi) is 5.71. The molecule has 132 valence electrons. The summed E-state index contributed by atoms with van der Waals surface area (Å²) < 4.78 is 5.23. The molecule has 3 rings (SSSR count). The van der Waals surface area contributed by atoms with E-state index in [1.54, 1.807) is 7.11 Å². The highest BCUT2D eigenvalue weighted by molar-refractivity contribution is 5.78. The van der Waals surface area contributed by atoms with Crippen LogP contribution in [0.25, 0.3) is 0 Å². The Morgan fingerprint density at radius 3 is 2.60 bits per heavy atom. The van der Waals surface area contributed by atoms with Crippen LogP contribution in [0.5, 0.6) is 5.75 Å². The van der Waals surface area contributed by atoms with E-state index in [2.05, 4.69) is 22.3 Å². The monoisotopic (exact) mass is 338 g/mol. The highest BCUT2D eigenvalue weighted by Crippen LogP contribution is 2.32. The highest BCUT2D eigenvalue weighted by atomic mass is 16.5. The first-order valence-electron chi connectivity index (χ1n) is 8.89. The molecular weight excluding hydrogens is 312 g/mol. The summed E-state index contributed by atoms with van der Waals surface area (Å²) in [5, 5.41) is 3.11. The minimum absolute atomic E-state index is 0.0238. The number of likely N-dealkylation sites (tertiary alicyclic amines) is 1. The molecule has 1 heterocycles. The zero-order valence-electron chi connectivity index (χ0n) is 14.9. The van der Waals surface area contributed by atoms with Crippen molar-refractivity contribution in [1.29, 1.82) is 0 Å². The molecular formula is C21H26N2O2. The Labute approximate surface area is 149 Å². The molecule has 2 aromatic rings. The van der Waals surface area contributed by atoms with E-state index in [4.69, 9.17) is 4.74 Å². The Hall–Kier alpha value is -2.33. The van der Waals surface area contributed by atoms with E-state index >= 15 is 0 Å². The van der Waals surface area contributed by atoms with Gasteiger partial charge in [0.2, 0.25) is 5.91 Å². The van der Waals surface area contributed by atoms with Crippen LogP contribution in [0.15, 0.2) is 54.6 Å². The molecule has 2 aromatic carbocycles. The van der Waals surface area contributed by atoms with Gasteiger partial charge < -0.3 is 10.1 Å². The van der Waals surface area contributed by atoms with E-state index in [1.807, 2.05) is 49.4 Å². The van der Waals surface area contributed by atoms with Crippen LogP contribution in [-0.2, 0) is 4.79 Å². The van der Waals surface area contributed by atoms with Crippen molar-refractivity contribution in [3.63, 3.8) is 0 Å². The number of hydrogen-bond acceptors (Lipinski definition) is 3. The molecule has 1 amide bonds. The van der Waals surface area contributed by atoms with Crippen molar-refractivity contribution in [3.8, 4) is 5.75 Å². The van der Waals surface area contributed by atoms with E-state index in [0.29, 0.717) is 12.6 Å². The van der Waals surface area contributed by atoms with E-state index in [9.17, 15) is 4.79 Å². The first-order valence-corrected chi connectivity index (χ1v) is 8.89. The first kappa shape index (κ1) is 17.5. The maximum atomic E-state index is 12.5. The summed E-state index contributed by atoms with van der Waals surface area (Å²) in [6.07, 6.45) is 2.21. The maximum Gasteiger partial charge on any atom is 0.234 e. The number of methoxy groups -OCH3 is 1. The second-order valence-electron chi connectivity index (χ2n) is 6.60. The minimum atomic E-state index is 0.0238. The van der Waals surface area contributed by atoms with Crippen LogP contribution in [0.4, 0.5) is 0 Å². The average Bonchev–Trinajstić information content (AvgIpc) is 3.10. The summed E-state index contributed by atoms with van der Waals surface area (Å²) in [6, 6.07) is 18.6. The van der Waals surface area contributed by atoms with Gasteiger partial charge in [0.1, 0.15) is 5.75 Å². The fourth-order valence-corrected chi connectivity index (χ4v) is 3.52. The zero-order chi connectivity index (χ0) is 17.6. The average molecular weight is 338 g/mol. The van der Waals surface area contributed by atoms with Crippen molar-refractivity contribution in [3.05, 3.63) is 65.7 Å². The summed E-state index contributed by atoms with van der Waals surface area (Å²) in [5.74, 6) is 0.944. The van der Waals surface area contributed by atoms with E-state index in [1.165, 1.54) is 5.56 Å². The van der Waals surface area contributed by atoms with E-state index in [-0.39, 0.29) is 11.9 Å². The molecule has 1 saturated heterocycles. The van der Waals surface area contributed by atoms with Crippen LogP contribution >= 0.6 is 0 Å². The summed E-state index contributed by atoms with van der Waals surface area (Å²) in [4.78, 5) is 14.8. The lowest BCUT2D eigenvalue weighted by molar-refractivity contribution is -0.123. The largest absolute Gasteiger partial charge is 0.497 e. The second kappa shape index (κ2) is 8.17. The lowest BCUT2D eigenvalue weighted by Gasteiger charge is -2.25. The summed E-state index contributed by atoms with van der Waals surface area (Å²) in [6.45, 7) is 3.43. The van der Waals surface area contributed by atoms with Gasteiger partial charge in [0.25, 0.3) is 0 Å². The molecule has 4 heteroatoms. The van der Waals surface area contributed by atoms with Crippen molar-refractivity contribution in [2.24, 2.45) is 0 Å². The fourth-order valence-electron chi connectivity index (χ4n) is 3.52. The number of amides is 1. The van der Waals surface area contributed by atoms with Gasteiger partial charge in [-0.15, -0.1) is 0 Å². The number of rotatable bonds is 6. The number of nitrogens with one attached hydrogen (secondary N) is 1. The second-order valence-corrected chi connectivity index (χ2v) is 6.60. The Morgan fingerprint density at radius 2 is 1.92 bits per heavy atom. The molecule has 4 nitrogen and oxygen atoms in total. The molecule has 1 aliphatic heterocycles. The molecule has 1 N–H and O–H groups in total. The molecule has 0 spiro atoms. The number of carbonyl (C=O) groups is 1. The summed E-state index contributed by atoms with van der Waals surface area (Å²) >= 11 is 0. The van der Waals surface area contributed by atoms with E-state index < -0.39 is 0 Å². The van der Waals surface area contributed by atoms with Gasteiger partial charge in [0.15, 0.2) is 0 Å². The van der Waals surface area contributed by atoms with Crippen molar-refractivity contribution in [2.75, 3.05) is 20.2 Å². The number of carbonyl (C=O) groups excluding carboxylic acids is 1. The van der Waals surface area contributed by atoms with Crippen molar-refractivity contribution >= 4 is 5.91 Å². The minimum Gasteiger partial charge on any atom is -0.497 e. The molecule has 0 radical (unpaired) electrons. The van der Waals surface area contributed by atoms with Crippen LogP contribution in [0.1, 0.15) is 43.0 Å². The summed E-state index contributed by atoms with van der Waals surface area (Å²) in [5.41, 5.74) is 2.38. The van der Waals surface area contributed by atoms with Gasteiger partial charge in [0, 0.05) is 6.04 Å². The highest BCUT2D eigenvalue weighted by Gasteiger charge is 2.27. The Morgan fingerprint density at radius 1 is 1.20 bits per heavy atom. The predicted molar refractivity (Wildman–Crippen MR) is 99.5 cm³/mol. The van der Waals surface area contributed by atoms with Gasteiger partial charge in [-0.3, -0.25) is 9.69 Å². The first-order chi connectivity index (χ1) is 12.2. The van der Waals surface area contributed by atoms with Crippen molar-refractivity contribution in [2.45, 2.75) is 31.8 Å². The van der Waals surface area contributed by atoms with Gasteiger partial charge in [-0.2, -0.15) is 0 Å². The van der Waals surface area contributed by atoms with Crippen LogP contribution in [-0.4, -0.2) is 31.0 Å². The molecule has 1 fully saturated rings. The topological polar surface area (TPSA) is 41.6 Å². The molecule has 25 heavy (non-hydrogen) atoms. The zero-order valence-corrected chi connectivity index (χ0v) is 14.9. The predicted octanol–water partition coefficient (Wildman–Crippen LogP) is 3.71. The van der Waals surface area contributed by atoms with Gasteiger partial charge in [-0.1, -0.05) is 42.5 Å². The third-order valence-corrected chi connectivity index (χ3v) is 4.89. The van der Waals surface area contributed by atoms with Crippen LogP contribution < -0.4 is 10.1 Å². The lowest BCUT2D eigenvalue weighted by atomic mass is 10.0. The van der Waals surface area contributed by atoms with E-state index in [0.717, 1.165) is 30.7 Å². The van der Waals surface area contributed by atoms with Gasteiger partial charge >= 0.3 is 0 Å². The SMILES string of the molecule is COc1ccc([C@H]2CCCN2CC(=O)N[C@@H](C)c2ccccc2)cc1. The fraction of sp³-hybridized carbons (Fsp3) is 0.381. The standard InChI is InChI=1S/C21H26N2O2/c1-16(17-7-4-3-5-8-17)22-21(24)15-23-14-6-9-20(23)18-10-12-19(25-2)13-11-18/h3-5,7-8,10-13,16,20H,6,9,14-15H2,1-2H3,(H,22,24)/t16-,20+/m0/s1. The van der Waals surface area contributed by atoms with Crippen molar-refractivity contribution in [1.82, 2.24) is 10.2 Å². The number of benzene rings is 2. The smallest absolute Gasteiger partial charge is 0.234 e. The molecule has 2 atom stereocenters. The molecule has 0 unspecified atom stereocenters. The Bertz CT molecular complexity index is 685. The third-order valence-electron chi connectivity index (χ3n) is 4.89. The summed E-state index contributed by atoms with van der Waals surface area (Å²) in [7, 11) is 1.68. The number of ether oxygens (including phenoxy) is 1. The van der Waals surface area contributed by atoms with Crippen LogP contribution in [0, 0.1) is 0 Å². The number of hydrogen-bond donors (Lipinski definition) is 1. The number of nitrogens with zero attached hydrogens (tertiary/aromatic N) is 1. The molecule has 0 aliphatic carbocycles. The quantitative estimate of drug-likeness (QED) is 0.873. The van der Waals surface area contributed by atoms with Crippen LogP contribution in [0.2, 0.25) is 0 Å². The van der Waals surface area contributed by atoms with Gasteiger partial charge in [0.05, 0.1) is 19.7 Å². The maximum absolute atomic E-state index is 12.5. The Balaban J connectivity index is 1.59. The lowest BCUT2D eigenvalue weighted by Crippen LogP contribution is -2.38. The molecule has 0 aromatic heterocycles. The van der Waals surface area contributed by atoms with Crippen molar-refractivity contribution < 1.29 is 9.53 Å². The molecule has 0 bridgehead atoms. The van der Waals surface area contributed by atoms with Crippen LogP contribution in [0.3, 0.4) is 0 Å². The molecule has 1 aliphatic rings. The van der Waals surface area contributed by atoms with Gasteiger partial charge in [-0.05, 0) is 49.6 Å².